The van der Waals surface area contributed by atoms with E-state index in [9.17, 15) is 19.4 Å². The zero-order valence-electron chi connectivity index (χ0n) is 12.3. The van der Waals surface area contributed by atoms with Gasteiger partial charge in [-0.25, -0.2) is 9.18 Å². The highest BCUT2D eigenvalue weighted by Gasteiger charge is 2.56. The third-order valence-corrected chi connectivity index (χ3v) is 3.48. The molecule has 0 aliphatic carbocycles. The van der Waals surface area contributed by atoms with Gasteiger partial charge in [0.25, 0.3) is 0 Å². The van der Waals surface area contributed by atoms with Crippen molar-refractivity contribution in [3.63, 3.8) is 0 Å². The Balaban J connectivity index is 2.44. The summed E-state index contributed by atoms with van der Waals surface area (Å²) in [4.78, 5) is 17.9. The van der Waals surface area contributed by atoms with Gasteiger partial charge in [0, 0.05) is 17.7 Å². The van der Waals surface area contributed by atoms with Crippen molar-refractivity contribution in [1.82, 2.24) is 9.55 Å². The number of nitrogens with one attached hydrogen (secondary N) is 1. The second-order valence-corrected chi connectivity index (χ2v) is 4.97. The number of nitrogens with two attached hydrogens (primary N) is 1. The van der Waals surface area contributed by atoms with Crippen LogP contribution < -0.4 is 16.7 Å². The van der Waals surface area contributed by atoms with Crippen LogP contribution in [0.1, 0.15) is 6.23 Å². The molecule has 0 aromatic carbocycles. The van der Waals surface area contributed by atoms with E-state index in [1.54, 1.807) is 0 Å². The standard InChI is InChI=1S/C11H16FN7O5/c12-6-7(22)11(4-21,17-18-14)24-9(6)19-3-5(15-1-2-20)8(13)16-10(19)23/h3,6-7,9,15,20-22H,1-2,4H2,(H2,13,16,23)/t6-,7-,9+,11+/m0/s1. The van der Waals surface area contributed by atoms with Crippen LogP contribution >= 0.6 is 0 Å². The van der Waals surface area contributed by atoms with Crippen LogP contribution in [0, 0.1) is 0 Å². The van der Waals surface area contributed by atoms with Gasteiger partial charge in [-0.05, 0) is 5.53 Å². The van der Waals surface area contributed by atoms with Gasteiger partial charge in [0.1, 0.15) is 6.10 Å². The first-order valence-corrected chi connectivity index (χ1v) is 6.80. The summed E-state index contributed by atoms with van der Waals surface area (Å²) in [6, 6.07) is 0. The van der Waals surface area contributed by atoms with Crippen LogP contribution in [0.5, 0.6) is 0 Å². The average Bonchev–Trinajstić information content (AvgIpc) is 2.80. The molecule has 1 saturated heterocycles. The molecule has 1 fully saturated rings. The van der Waals surface area contributed by atoms with E-state index in [1.807, 2.05) is 0 Å². The van der Waals surface area contributed by atoms with Crippen molar-refractivity contribution < 1.29 is 24.4 Å². The first-order valence-electron chi connectivity index (χ1n) is 6.80. The summed E-state index contributed by atoms with van der Waals surface area (Å²) in [6.45, 7) is -1.13. The first kappa shape index (κ1) is 17.9. The molecule has 0 saturated carbocycles. The number of halogens is 1. The molecule has 2 heterocycles. The molecule has 1 aromatic rings. The lowest BCUT2D eigenvalue weighted by atomic mass is 10.1. The molecule has 0 bridgehead atoms. The van der Waals surface area contributed by atoms with Gasteiger partial charge >= 0.3 is 5.69 Å². The molecule has 4 atom stereocenters. The van der Waals surface area contributed by atoms with E-state index in [1.165, 1.54) is 0 Å². The van der Waals surface area contributed by atoms with Crippen molar-refractivity contribution >= 4 is 11.5 Å². The van der Waals surface area contributed by atoms with Gasteiger partial charge in [-0.2, -0.15) is 4.98 Å². The Morgan fingerprint density at radius 3 is 2.92 bits per heavy atom. The lowest BCUT2D eigenvalue weighted by Gasteiger charge is -2.23. The van der Waals surface area contributed by atoms with E-state index in [0.717, 1.165) is 6.20 Å². The van der Waals surface area contributed by atoms with Crippen molar-refractivity contribution in [2.75, 3.05) is 30.8 Å². The molecule has 1 aromatic heterocycles. The minimum Gasteiger partial charge on any atom is -0.395 e. The highest BCUT2D eigenvalue weighted by atomic mass is 19.1. The van der Waals surface area contributed by atoms with E-state index in [0.29, 0.717) is 4.57 Å². The fourth-order valence-electron chi connectivity index (χ4n) is 2.27. The normalized spacial score (nSPS) is 29.2. The van der Waals surface area contributed by atoms with E-state index in [-0.39, 0.29) is 24.7 Å². The minimum atomic E-state index is -2.27. The van der Waals surface area contributed by atoms with E-state index in [4.69, 9.17) is 21.1 Å². The molecule has 12 nitrogen and oxygen atoms in total. The van der Waals surface area contributed by atoms with Crippen molar-refractivity contribution in [3.05, 3.63) is 27.1 Å². The van der Waals surface area contributed by atoms with E-state index < -0.39 is 36.5 Å². The van der Waals surface area contributed by atoms with Gasteiger partial charge in [0.15, 0.2) is 18.2 Å². The summed E-state index contributed by atoms with van der Waals surface area (Å²) in [6.07, 6.45) is -4.79. The number of hydrogen-bond acceptors (Lipinski definition) is 9. The SMILES string of the molecule is [N-]=[N+]=N[C@]1(CO)O[C@@H](n2cc(NCCO)c(N)nc2=O)[C@@H](F)[C@@H]1O. The van der Waals surface area contributed by atoms with Crippen LogP contribution in [0.25, 0.3) is 10.4 Å². The molecule has 0 amide bonds. The number of nitrogen functional groups attached to an aromatic ring is 1. The summed E-state index contributed by atoms with van der Waals surface area (Å²) in [7, 11) is 0. The Morgan fingerprint density at radius 1 is 1.62 bits per heavy atom. The largest absolute Gasteiger partial charge is 0.395 e. The number of ether oxygens (including phenoxy) is 1. The summed E-state index contributed by atoms with van der Waals surface area (Å²) in [5.41, 5.74) is 11.0. The predicted molar refractivity (Wildman–Crippen MR) is 78.5 cm³/mol. The molecule has 0 spiro atoms. The molecular weight excluding hydrogens is 329 g/mol. The molecule has 0 radical (unpaired) electrons. The highest BCUT2D eigenvalue weighted by Crippen LogP contribution is 2.39. The molecule has 2 rings (SSSR count). The molecule has 6 N–H and O–H groups in total. The first-order chi connectivity index (χ1) is 11.4. The summed E-state index contributed by atoms with van der Waals surface area (Å²) in [5, 5.41) is 33.8. The van der Waals surface area contributed by atoms with Gasteiger partial charge < -0.3 is 31.1 Å². The smallest absolute Gasteiger partial charge is 0.351 e. The number of rotatable bonds is 6. The Kier molecular flexibility index (Phi) is 5.21. The number of aliphatic hydroxyl groups is 3. The number of alkyl halides is 1. The summed E-state index contributed by atoms with van der Waals surface area (Å²) < 4.78 is 20.2. The average molecular weight is 345 g/mol. The summed E-state index contributed by atoms with van der Waals surface area (Å²) >= 11 is 0. The van der Waals surface area contributed by atoms with Crippen LogP contribution in [-0.2, 0) is 4.74 Å². The maximum Gasteiger partial charge on any atom is 0.351 e. The Labute approximate surface area is 133 Å². The third-order valence-electron chi connectivity index (χ3n) is 3.48. The molecule has 1 aliphatic heterocycles. The fraction of sp³-hybridized carbons (Fsp3) is 0.636. The van der Waals surface area contributed by atoms with Crippen molar-refractivity contribution in [3.8, 4) is 0 Å². The van der Waals surface area contributed by atoms with Crippen LogP contribution in [0.4, 0.5) is 15.9 Å². The zero-order chi connectivity index (χ0) is 17.9. The Hall–Kier alpha value is -2.44. The molecule has 0 unspecified atom stereocenters. The zero-order valence-corrected chi connectivity index (χ0v) is 12.3. The number of hydrogen-bond donors (Lipinski definition) is 5. The molecule has 1 aliphatic rings. The molecular formula is C11H16FN7O5. The number of anilines is 2. The number of azide groups is 1. The van der Waals surface area contributed by atoms with Crippen molar-refractivity contribution in [2.24, 2.45) is 5.11 Å². The monoisotopic (exact) mass is 345 g/mol. The molecule has 24 heavy (non-hydrogen) atoms. The van der Waals surface area contributed by atoms with Crippen LogP contribution in [-0.4, -0.2) is 62.6 Å². The van der Waals surface area contributed by atoms with Gasteiger partial charge in [-0.15, -0.1) is 0 Å². The Bertz CT molecular complexity index is 708. The maximum atomic E-state index is 14.4. The van der Waals surface area contributed by atoms with Gasteiger partial charge in [-0.3, -0.25) is 4.57 Å². The summed E-state index contributed by atoms with van der Waals surface area (Å²) in [5.74, 6) is -0.179. The van der Waals surface area contributed by atoms with E-state index >= 15 is 0 Å². The lowest BCUT2D eigenvalue weighted by Crippen LogP contribution is -2.43. The molecule has 132 valence electrons. The van der Waals surface area contributed by atoms with E-state index in [2.05, 4.69) is 20.3 Å². The number of aromatic nitrogens is 2. The Morgan fingerprint density at radius 2 is 2.33 bits per heavy atom. The van der Waals surface area contributed by atoms with Gasteiger partial charge in [-0.1, -0.05) is 5.11 Å². The quantitative estimate of drug-likeness (QED) is 0.232. The topological polar surface area (TPSA) is 192 Å². The molecule has 13 heteroatoms. The lowest BCUT2D eigenvalue weighted by molar-refractivity contribution is -0.124. The highest BCUT2D eigenvalue weighted by molar-refractivity contribution is 5.59. The van der Waals surface area contributed by atoms with Crippen molar-refractivity contribution in [1.29, 1.82) is 0 Å². The maximum absolute atomic E-state index is 14.4. The number of aliphatic hydroxyl groups excluding tert-OH is 3. The number of nitrogens with zero attached hydrogens (tertiary/aromatic N) is 5. The van der Waals surface area contributed by atoms with Gasteiger partial charge in [0.2, 0.25) is 5.72 Å². The predicted octanol–water partition coefficient (Wildman–Crippen LogP) is -1.54. The second-order valence-electron chi connectivity index (χ2n) is 4.97. The second kappa shape index (κ2) is 6.98. The van der Waals surface area contributed by atoms with Crippen LogP contribution in [0.15, 0.2) is 16.1 Å². The van der Waals surface area contributed by atoms with Gasteiger partial charge in [0.05, 0.1) is 18.9 Å². The van der Waals surface area contributed by atoms with Crippen LogP contribution in [0.2, 0.25) is 0 Å². The fourth-order valence-corrected chi connectivity index (χ4v) is 2.27. The van der Waals surface area contributed by atoms with Crippen LogP contribution in [0.3, 0.4) is 0 Å². The minimum absolute atomic E-state index is 0.0938. The van der Waals surface area contributed by atoms with Crippen molar-refractivity contribution in [2.45, 2.75) is 24.2 Å². The third kappa shape index (κ3) is 2.98.